The Labute approximate surface area is 125 Å². The number of ether oxygens (including phenoxy) is 2. The zero-order valence-electron chi connectivity index (χ0n) is 12.8. The molecule has 1 amide bonds. The Balaban J connectivity index is 2.45. The van der Waals surface area contributed by atoms with E-state index in [-0.39, 0.29) is 5.75 Å². The van der Waals surface area contributed by atoms with Crippen molar-refractivity contribution in [2.24, 2.45) is 0 Å². The van der Waals surface area contributed by atoms with Gasteiger partial charge in [-0.15, -0.1) is 0 Å². The van der Waals surface area contributed by atoms with Gasteiger partial charge in [0.2, 0.25) is 0 Å². The Bertz CT molecular complexity index is 550. The van der Waals surface area contributed by atoms with Crippen molar-refractivity contribution in [2.75, 3.05) is 13.7 Å². The number of methoxy groups -OCH3 is 1. The fourth-order valence-corrected chi connectivity index (χ4v) is 1.44. The Kier molecular flexibility index (Phi) is 5.92. The van der Waals surface area contributed by atoms with E-state index in [1.165, 1.54) is 6.07 Å². The van der Waals surface area contributed by atoms with Gasteiger partial charge in [0.05, 0.1) is 12.7 Å². The number of aromatic hydroxyl groups is 1. The van der Waals surface area contributed by atoms with Crippen LogP contribution in [0.25, 0.3) is 0 Å². The summed E-state index contributed by atoms with van der Waals surface area (Å²) in [6.45, 7) is 5.79. The molecule has 0 atom stereocenters. The van der Waals surface area contributed by atoms with E-state index in [0.717, 1.165) is 0 Å². The SMILES string of the molecule is COc1ccc(O)c(C#CCCNC(=O)OC(C)(C)C)c1. The van der Waals surface area contributed by atoms with Gasteiger partial charge in [0.15, 0.2) is 0 Å². The summed E-state index contributed by atoms with van der Waals surface area (Å²) in [6, 6.07) is 4.84. The zero-order chi connectivity index (χ0) is 15.9. The summed E-state index contributed by atoms with van der Waals surface area (Å²) in [6.07, 6.45) is -0.0101. The van der Waals surface area contributed by atoms with Crippen molar-refractivity contribution in [1.82, 2.24) is 5.32 Å². The minimum Gasteiger partial charge on any atom is -0.507 e. The molecule has 5 nitrogen and oxygen atoms in total. The molecule has 1 aromatic carbocycles. The van der Waals surface area contributed by atoms with Gasteiger partial charge >= 0.3 is 6.09 Å². The first-order chi connectivity index (χ1) is 9.81. The molecular weight excluding hydrogens is 270 g/mol. The molecule has 0 aliphatic rings. The molecule has 0 aliphatic heterocycles. The van der Waals surface area contributed by atoms with Crippen LogP contribution in [0.3, 0.4) is 0 Å². The normalized spacial score (nSPS) is 10.3. The van der Waals surface area contributed by atoms with Crippen molar-refractivity contribution in [3.05, 3.63) is 23.8 Å². The fraction of sp³-hybridized carbons (Fsp3) is 0.438. The molecule has 1 rings (SSSR count). The number of hydrogen-bond acceptors (Lipinski definition) is 4. The summed E-state index contributed by atoms with van der Waals surface area (Å²) >= 11 is 0. The van der Waals surface area contributed by atoms with Crippen molar-refractivity contribution in [3.8, 4) is 23.3 Å². The van der Waals surface area contributed by atoms with Crippen LogP contribution >= 0.6 is 0 Å². The first kappa shape index (κ1) is 16.7. The van der Waals surface area contributed by atoms with Crippen molar-refractivity contribution in [2.45, 2.75) is 32.8 Å². The maximum absolute atomic E-state index is 11.4. The average molecular weight is 291 g/mol. The minimum atomic E-state index is -0.512. The van der Waals surface area contributed by atoms with Crippen LogP contribution < -0.4 is 10.1 Å². The molecule has 0 bridgehead atoms. The van der Waals surface area contributed by atoms with E-state index in [0.29, 0.717) is 24.3 Å². The van der Waals surface area contributed by atoms with Gasteiger partial charge in [0.1, 0.15) is 17.1 Å². The molecule has 0 radical (unpaired) electrons. The summed E-state index contributed by atoms with van der Waals surface area (Å²) in [4.78, 5) is 11.4. The molecule has 0 saturated heterocycles. The van der Waals surface area contributed by atoms with Gasteiger partial charge in [-0.3, -0.25) is 0 Å². The molecule has 0 spiro atoms. The average Bonchev–Trinajstić information content (AvgIpc) is 2.38. The van der Waals surface area contributed by atoms with E-state index in [9.17, 15) is 9.90 Å². The number of carbonyl (C=O) groups excluding carboxylic acids is 1. The molecule has 0 aliphatic carbocycles. The Morgan fingerprint density at radius 3 is 2.71 bits per heavy atom. The summed E-state index contributed by atoms with van der Waals surface area (Å²) in [5.74, 6) is 6.44. The smallest absolute Gasteiger partial charge is 0.407 e. The summed E-state index contributed by atoms with van der Waals surface area (Å²) in [7, 11) is 1.55. The van der Waals surface area contributed by atoms with Crippen LogP contribution in [0, 0.1) is 11.8 Å². The maximum atomic E-state index is 11.4. The first-order valence-electron chi connectivity index (χ1n) is 6.64. The highest BCUT2D eigenvalue weighted by molar-refractivity contribution is 5.67. The second kappa shape index (κ2) is 7.44. The van der Waals surface area contributed by atoms with Crippen molar-refractivity contribution in [3.63, 3.8) is 0 Å². The summed E-state index contributed by atoms with van der Waals surface area (Å²) in [5, 5.41) is 12.3. The van der Waals surface area contributed by atoms with E-state index in [4.69, 9.17) is 9.47 Å². The number of benzene rings is 1. The highest BCUT2D eigenvalue weighted by atomic mass is 16.6. The predicted octanol–water partition coefficient (Wildman–Crippen LogP) is 2.67. The van der Waals surface area contributed by atoms with E-state index in [1.54, 1.807) is 40.0 Å². The van der Waals surface area contributed by atoms with E-state index in [2.05, 4.69) is 17.2 Å². The third-order valence-electron chi connectivity index (χ3n) is 2.34. The lowest BCUT2D eigenvalue weighted by molar-refractivity contribution is 0.0529. The van der Waals surface area contributed by atoms with Crippen molar-refractivity contribution in [1.29, 1.82) is 0 Å². The molecule has 0 fully saturated rings. The molecule has 0 unspecified atom stereocenters. The predicted molar refractivity (Wildman–Crippen MR) is 80.4 cm³/mol. The lowest BCUT2D eigenvalue weighted by atomic mass is 10.2. The molecule has 0 heterocycles. The van der Waals surface area contributed by atoms with Crippen molar-refractivity contribution >= 4 is 6.09 Å². The Morgan fingerprint density at radius 1 is 1.38 bits per heavy atom. The Morgan fingerprint density at radius 2 is 2.10 bits per heavy atom. The monoisotopic (exact) mass is 291 g/mol. The number of amides is 1. The molecule has 0 saturated carbocycles. The van der Waals surface area contributed by atoms with E-state index < -0.39 is 11.7 Å². The van der Waals surface area contributed by atoms with Crippen LogP contribution in [0.15, 0.2) is 18.2 Å². The first-order valence-corrected chi connectivity index (χ1v) is 6.64. The van der Waals surface area contributed by atoms with Gasteiger partial charge in [0.25, 0.3) is 0 Å². The fourth-order valence-electron chi connectivity index (χ4n) is 1.44. The van der Waals surface area contributed by atoms with E-state index >= 15 is 0 Å². The lowest BCUT2D eigenvalue weighted by Crippen LogP contribution is -2.32. The Hall–Kier alpha value is -2.35. The molecule has 114 valence electrons. The number of alkyl carbamates (subject to hydrolysis) is 1. The van der Waals surface area contributed by atoms with Gasteiger partial charge in [-0.2, -0.15) is 0 Å². The molecular formula is C16H21NO4. The highest BCUT2D eigenvalue weighted by Crippen LogP contribution is 2.21. The minimum absolute atomic E-state index is 0.100. The van der Waals surface area contributed by atoms with Crippen LogP contribution in [0.5, 0.6) is 11.5 Å². The molecule has 2 N–H and O–H groups in total. The molecule has 21 heavy (non-hydrogen) atoms. The number of phenols is 1. The van der Waals surface area contributed by atoms with Crippen LogP contribution in [0.2, 0.25) is 0 Å². The van der Waals surface area contributed by atoms with Crippen LogP contribution in [-0.4, -0.2) is 30.5 Å². The standard InChI is InChI=1S/C16H21NO4/c1-16(2,3)21-15(19)17-10-6-5-7-12-11-13(20-4)8-9-14(12)18/h8-9,11,18H,6,10H2,1-4H3,(H,17,19). The second-order valence-corrected chi connectivity index (χ2v) is 5.36. The summed E-state index contributed by atoms with van der Waals surface area (Å²) in [5.41, 5.74) is -0.0195. The highest BCUT2D eigenvalue weighted by Gasteiger charge is 2.15. The van der Waals surface area contributed by atoms with Gasteiger partial charge in [-0.1, -0.05) is 11.8 Å². The van der Waals surface area contributed by atoms with Gasteiger partial charge in [-0.05, 0) is 39.0 Å². The third-order valence-corrected chi connectivity index (χ3v) is 2.34. The molecule has 0 aromatic heterocycles. The number of carbonyl (C=O) groups is 1. The quantitative estimate of drug-likeness (QED) is 0.663. The third kappa shape index (κ3) is 6.57. The van der Waals surface area contributed by atoms with Crippen LogP contribution in [0.4, 0.5) is 4.79 Å². The number of phenolic OH excluding ortho intramolecular Hbond substituents is 1. The molecule has 5 heteroatoms. The zero-order valence-corrected chi connectivity index (χ0v) is 12.8. The lowest BCUT2D eigenvalue weighted by Gasteiger charge is -2.19. The van der Waals surface area contributed by atoms with Crippen molar-refractivity contribution < 1.29 is 19.4 Å². The number of nitrogens with one attached hydrogen (secondary N) is 1. The van der Waals surface area contributed by atoms with Crippen LogP contribution in [-0.2, 0) is 4.74 Å². The van der Waals surface area contributed by atoms with Gasteiger partial charge < -0.3 is 19.9 Å². The number of rotatable bonds is 3. The summed E-state index contributed by atoms with van der Waals surface area (Å²) < 4.78 is 10.2. The maximum Gasteiger partial charge on any atom is 0.407 e. The largest absolute Gasteiger partial charge is 0.507 e. The van der Waals surface area contributed by atoms with Gasteiger partial charge in [-0.25, -0.2) is 4.79 Å². The topological polar surface area (TPSA) is 67.8 Å². The van der Waals surface area contributed by atoms with E-state index in [1.807, 2.05) is 0 Å². The second-order valence-electron chi connectivity index (χ2n) is 5.36. The molecule has 1 aromatic rings. The van der Waals surface area contributed by atoms with Gasteiger partial charge in [0, 0.05) is 13.0 Å². The number of hydrogen-bond donors (Lipinski definition) is 2. The van der Waals surface area contributed by atoms with Crippen LogP contribution in [0.1, 0.15) is 32.8 Å².